The number of carbonyl (C=O) groups is 2. The summed E-state index contributed by atoms with van der Waals surface area (Å²) < 4.78 is 68.7. The molecule has 0 aromatic heterocycles. The summed E-state index contributed by atoms with van der Waals surface area (Å²) in [5, 5.41) is 3.13. The standard InChI is InChI=1S/C29H31ClF3N3O4S/c1-4-20(2)34-28(38)21(3)35(18-22-11-8-9-16-26(22)30)27(37)19-36(41(39,40)25-14-6-5-7-15-25)24-13-10-12-23(17-24)29(31,32)33/h5-17,20-21H,4,18-19H2,1-3H3,(H,34,38)/t20-,21-/m0/s1. The molecule has 220 valence electrons. The molecular weight excluding hydrogens is 579 g/mol. The van der Waals surface area contributed by atoms with Crippen molar-refractivity contribution < 1.29 is 31.2 Å². The van der Waals surface area contributed by atoms with Crippen molar-refractivity contribution in [2.24, 2.45) is 0 Å². The van der Waals surface area contributed by atoms with Crippen LogP contribution >= 0.6 is 11.6 Å². The van der Waals surface area contributed by atoms with Crippen LogP contribution in [0.1, 0.15) is 38.3 Å². The van der Waals surface area contributed by atoms with E-state index in [2.05, 4.69) is 5.32 Å². The summed E-state index contributed by atoms with van der Waals surface area (Å²) in [6.45, 7) is 4.16. The van der Waals surface area contributed by atoms with Gasteiger partial charge in [0.15, 0.2) is 0 Å². The maximum atomic E-state index is 13.9. The monoisotopic (exact) mass is 609 g/mol. The first kappa shape index (κ1) is 32.0. The van der Waals surface area contributed by atoms with Gasteiger partial charge in [-0.3, -0.25) is 13.9 Å². The Balaban J connectivity index is 2.08. The molecule has 3 aromatic rings. The zero-order chi connectivity index (χ0) is 30.4. The molecule has 1 N–H and O–H groups in total. The third-order valence-electron chi connectivity index (χ3n) is 6.54. The number of halogens is 4. The molecule has 0 saturated carbocycles. The second-order valence-electron chi connectivity index (χ2n) is 9.48. The molecule has 0 aliphatic carbocycles. The van der Waals surface area contributed by atoms with Gasteiger partial charge in [-0.1, -0.05) is 61.0 Å². The lowest BCUT2D eigenvalue weighted by Crippen LogP contribution is -2.52. The molecule has 0 aliphatic heterocycles. The Morgan fingerprint density at radius 3 is 2.20 bits per heavy atom. The van der Waals surface area contributed by atoms with Gasteiger partial charge in [0, 0.05) is 17.6 Å². The predicted molar refractivity (Wildman–Crippen MR) is 152 cm³/mol. The van der Waals surface area contributed by atoms with Gasteiger partial charge in [-0.15, -0.1) is 0 Å². The average Bonchev–Trinajstić information content (AvgIpc) is 2.94. The van der Waals surface area contributed by atoms with Gasteiger partial charge in [-0.2, -0.15) is 13.2 Å². The van der Waals surface area contributed by atoms with Crippen molar-refractivity contribution in [3.8, 4) is 0 Å². The number of anilines is 1. The Morgan fingerprint density at radius 1 is 0.951 bits per heavy atom. The van der Waals surface area contributed by atoms with E-state index in [1.54, 1.807) is 37.3 Å². The van der Waals surface area contributed by atoms with E-state index in [9.17, 15) is 31.2 Å². The molecule has 0 aliphatic rings. The molecule has 2 amide bonds. The molecule has 0 heterocycles. The smallest absolute Gasteiger partial charge is 0.352 e. The second-order valence-corrected chi connectivity index (χ2v) is 11.7. The number of hydrogen-bond donors (Lipinski definition) is 1. The Hall–Kier alpha value is -3.57. The molecule has 0 spiro atoms. The average molecular weight is 610 g/mol. The fraction of sp³-hybridized carbons (Fsp3) is 0.310. The second kappa shape index (κ2) is 13.4. The first-order valence-electron chi connectivity index (χ1n) is 12.8. The van der Waals surface area contributed by atoms with Crippen LogP contribution in [0.3, 0.4) is 0 Å². The lowest BCUT2D eigenvalue weighted by molar-refractivity contribution is -0.139. The normalized spacial score (nSPS) is 13.2. The summed E-state index contributed by atoms with van der Waals surface area (Å²) in [5.74, 6) is -1.29. The SMILES string of the molecule is CC[C@H](C)NC(=O)[C@H](C)N(Cc1ccccc1Cl)C(=O)CN(c1cccc(C(F)(F)F)c1)S(=O)(=O)c1ccccc1. The van der Waals surface area contributed by atoms with Gasteiger partial charge in [0.1, 0.15) is 12.6 Å². The Labute approximate surface area is 243 Å². The minimum absolute atomic E-state index is 0.143. The number of amides is 2. The minimum Gasteiger partial charge on any atom is -0.352 e. The third kappa shape index (κ3) is 8.01. The van der Waals surface area contributed by atoms with Crippen LogP contribution in [0, 0.1) is 0 Å². The number of nitrogens with zero attached hydrogens (tertiary/aromatic N) is 2. The molecule has 0 radical (unpaired) electrons. The Kier molecular flexibility index (Phi) is 10.4. The van der Waals surface area contributed by atoms with Crippen LogP contribution in [-0.4, -0.2) is 43.8 Å². The zero-order valence-corrected chi connectivity index (χ0v) is 24.3. The maximum absolute atomic E-state index is 13.9. The fourth-order valence-corrected chi connectivity index (χ4v) is 5.57. The van der Waals surface area contributed by atoms with Gasteiger partial charge >= 0.3 is 6.18 Å². The summed E-state index contributed by atoms with van der Waals surface area (Å²) in [4.78, 5) is 27.9. The number of nitrogens with one attached hydrogen (secondary N) is 1. The number of sulfonamides is 1. The summed E-state index contributed by atoms with van der Waals surface area (Å²) in [5.41, 5.74) is -0.932. The third-order valence-corrected chi connectivity index (χ3v) is 8.70. The molecule has 0 fully saturated rings. The highest BCUT2D eigenvalue weighted by Crippen LogP contribution is 2.33. The fourth-order valence-electron chi connectivity index (χ4n) is 3.94. The molecule has 2 atom stereocenters. The van der Waals surface area contributed by atoms with Crippen molar-refractivity contribution >= 4 is 39.1 Å². The van der Waals surface area contributed by atoms with Crippen LogP contribution in [0.2, 0.25) is 5.02 Å². The summed E-state index contributed by atoms with van der Waals surface area (Å²) in [6.07, 6.45) is -4.11. The van der Waals surface area contributed by atoms with Crippen LogP contribution in [-0.2, 0) is 32.3 Å². The van der Waals surface area contributed by atoms with E-state index in [4.69, 9.17) is 11.6 Å². The highest BCUT2D eigenvalue weighted by atomic mass is 35.5. The first-order valence-corrected chi connectivity index (χ1v) is 14.7. The molecule has 0 saturated heterocycles. The Bertz CT molecular complexity index is 1470. The number of hydrogen-bond acceptors (Lipinski definition) is 4. The van der Waals surface area contributed by atoms with Crippen molar-refractivity contribution in [3.63, 3.8) is 0 Å². The molecular formula is C29H31ClF3N3O4S. The van der Waals surface area contributed by atoms with E-state index in [1.807, 2.05) is 6.92 Å². The van der Waals surface area contributed by atoms with Gasteiger partial charge in [0.2, 0.25) is 11.8 Å². The maximum Gasteiger partial charge on any atom is 0.416 e. The molecule has 3 rings (SSSR count). The largest absolute Gasteiger partial charge is 0.416 e. The van der Waals surface area contributed by atoms with Crippen LogP contribution in [0.4, 0.5) is 18.9 Å². The van der Waals surface area contributed by atoms with Gasteiger partial charge in [-0.25, -0.2) is 8.42 Å². The lowest BCUT2D eigenvalue weighted by Gasteiger charge is -2.32. The van der Waals surface area contributed by atoms with Crippen molar-refractivity contribution in [2.45, 2.75) is 56.9 Å². The van der Waals surface area contributed by atoms with E-state index in [0.29, 0.717) is 27.4 Å². The molecule has 7 nitrogen and oxygen atoms in total. The van der Waals surface area contributed by atoms with E-state index in [-0.39, 0.29) is 23.2 Å². The van der Waals surface area contributed by atoms with E-state index in [1.165, 1.54) is 42.2 Å². The molecule has 0 bridgehead atoms. The summed E-state index contributed by atoms with van der Waals surface area (Å²) in [7, 11) is -4.50. The number of benzene rings is 3. The number of alkyl halides is 3. The van der Waals surface area contributed by atoms with Crippen LogP contribution < -0.4 is 9.62 Å². The predicted octanol–water partition coefficient (Wildman–Crippen LogP) is 5.89. The molecule has 0 unspecified atom stereocenters. The highest BCUT2D eigenvalue weighted by molar-refractivity contribution is 7.92. The van der Waals surface area contributed by atoms with Crippen molar-refractivity contribution in [1.82, 2.24) is 10.2 Å². The molecule has 12 heteroatoms. The van der Waals surface area contributed by atoms with Crippen molar-refractivity contribution in [1.29, 1.82) is 0 Å². The number of carbonyl (C=O) groups excluding carboxylic acids is 2. The van der Waals surface area contributed by atoms with Gasteiger partial charge in [0.25, 0.3) is 10.0 Å². The minimum atomic E-state index is -4.75. The molecule has 41 heavy (non-hydrogen) atoms. The summed E-state index contributed by atoms with van der Waals surface area (Å²) >= 11 is 6.33. The summed E-state index contributed by atoms with van der Waals surface area (Å²) in [6, 6.07) is 16.2. The van der Waals surface area contributed by atoms with Crippen LogP contribution in [0.25, 0.3) is 0 Å². The van der Waals surface area contributed by atoms with Crippen molar-refractivity contribution in [2.75, 3.05) is 10.8 Å². The molecule has 3 aromatic carbocycles. The first-order chi connectivity index (χ1) is 19.3. The number of rotatable bonds is 11. The van der Waals surface area contributed by atoms with Crippen LogP contribution in [0.15, 0.2) is 83.8 Å². The lowest BCUT2D eigenvalue weighted by atomic mass is 10.1. The zero-order valence-electron chi connectivity index (χ0n) is 22.7. The van der Waals surface area contributed by atoms with E-state index >= 15 is 0 Å². The quantitative estimate of drug-likeness (QED) is 0.294. The van der Waals surface area contributed by atoms with Gasteiger partial charge < -0.3 is 10.2 Å². The van der Waals surface area contributed by atoms with Crippen LogP contribution in [0.5, 0.6) is 0 Å². The van der Waals surface area contributed by atoms with E-state index in [0.717, 1.165) is 12.1 Å². The Morgan fingerprint density at radius 2 is 1.59 bits per heavy atom. The van der Waals surface area contributed by atoms with E-state index < -0.39 is 46.2 Å². The van der Waals surface area contributed by atoms with Gasteiger partial charge in [-0.05, 0) is 62.2 Å². The topological polar surface area (TPSA) is 86.8 Å². The van der Waals surface area contributed by atoms with Gasteiger partial charge in [0.05, 0.1) is 16.1 Å². The van der Waals surface area contributed by atoms with Crippen molar-refractivity contribution in [3.05, 3.63) is 95.0 Å². The highest BCUT2D eigenvalue weighted by Gasteiger charge is 2.35.